The van der Waals surface area contributed by atoms with E-state index < -0.39 is 9.84 Å². The summed E-state index contributed by atoms with van der Waals surface area (Å²) >= 11 is 0. The number of nitrogens with zero attached hydrogens (tertiary/aromatic N) is 1. The van der Waals surface area contributed by atoms with E-state index in [1.165, 1.54) is 12.3 Å². The fourth-order valence-corrected chi connectivity index (χ4v) is 2.43. The number of aliphatic imine (C=N–C) groups is 1. The molecule has 0 bridgehead atoms. The molecule has 0 amide bonds. The van der Waals surface area contributed by atoms with Gasteiger partial charge in [-0.25, -0.2) is 12.8 Å². The van der Waals surface area contributed by atoms with Gasteiger partial charge in [-0.2, -0.15) is 0 Å². The van der Waals surface area contributed by atoms with E-state index in [2.05, 4.69) is 15.6 Å². The predicted octanol–water partition coefficient (Wildman–Crippen LogP) is 1.23. The molecule has 0 aliphatic heterocycles. The third-order valence-electron chi connectivity index (χ3n) is 2.89. The van der Waals surface area contributed by atoms with Crippen LogP contribution in [0.1, 0.15) is 17.5 Å². The number of halogens is 1. The lowest BCUT2D eigenvalue weighted by molar-refractivity contribution is 0.598. The summed E-state index contributed by atoms with van der Waals surface area (Å²) in [6.07, 6.45) is 1.74. The van der Waals surface area contributed by atoms with Gasteiger partial charge in [-0.3, -0.25) is 4.99 Å². The Hall–Kier alpha value is -1.63. The summed E-state index contributed by atoms with van der Waals surface area (Å²) in [6.45, 7) is 2.76. The normalized spacial score (nSPS) is 12.3. The molecule has 5 nitrogen and oxygen atoms in total. The minimum Gasteiger partial charge on any atom is -0.356 e. The Labute approximate surface area is 125 Å². The molecule has 0 spiro atoms. The number of rotatable bonds is 6. The minimum atomic E-state index is -2.93. The monoisotopic (exact) mass is 315 g/mol. The summed E-state index contributed by atoms with van der Waals surface area (Å²) in [5, 5.41) is 6.14. The zero-order valence-electron chi connectivity index (χ0n) is 12.6. The van der Waals surface area contributed by atoms with Crippen LogP contribution in [0, 0.1) is 12.7 Å². The Balaban J connectivity index is 2.39. The fraction of sp³-hybridized carbons (Fsp3) is 0.500. The van der Waals surface area contributed by atoms with Gasteiger partial charge >= 0.3 is 0 Å². The largest absolute Gasteiger partial charge is 0.356 e. The van der Waals surface area contributed by atoms with Gasteiger partial charge in [-0.15, -0.1) is 0 Å². The standard InChI is InChI=1S/C14H22FN3O2S/c1-11-9-12(5-6-13(11)15)10-18-14(16-2)17-7-4-8-21(3,19)20/h5-6,9H,4,7-8,10H2,1-3H3,(H2,16,17,18). The molecule has 0 fully saturated rings. The molecule has 1 aromatic carbocycles. The number of aryl methyl sites for hydroxylation is 1. The molecule has 7 heteroatoms. The first-order chi connectivity index (χ1) is 9.81. The van der Waals surface area contributed by atoms with Gasteiger partial charge < -0.3 is 10.6 Å². The molecule has 0 aromatic heterocycles. The lowest BCUT2D eigenvalue weighted by Gasteiger charge is -2.12. The van der Waals surface area contributed by atoms with Crippen LogP contribution in [0.15, 0.2) is 23.2 Å². The first kappa shape index (κ1) is 17.4. The van der Waals surface area contributed by atoms with Crippen molar-refractivity contribution in [1.29, 1.82) is 0 Å². The van der Waals surface area contributed by atoms with E-state index in [0.717, 1.165) is 5.56 Å². The molecule has 0 heterocycles. The molecule has 21 heavy (non-hydrogen) atoms. The molecule has 1 aromatic rings. The van der Waals surface area contributed by atoms with Gasteiger partial charge in [0, 0.05) is 26.4 Å². The van der Waals surface area contributed by atoms with E-state index in [0.29, 0.717) is 31.0 Å². The SMILES string of the molecule is CN=C(NCCCS(C)(=O)=O)NCc1ccc(F)c(C)c1. The van der Waals surface area contributed by atoms with Gasteiger partial charge in [-0.1, -0.05) is 12.1 Å². The topological polar surface area (TPSA) is 70.6 Å². The lowest BCUT2D eigenvalue weighted by Crippen LogP contribution is -2.37. The molecule has 2 N–H and O–H groups in total. The number of guanidine groups is 1. The Morgan fingerprint density at radius 3 is 2.62 bits per heavy atom. The number of hydrogen-bond donors (Lipinski definition) is 2. The summed E-state index contributed by atoms with van der Waals surface area (Å²) in [6, 6.07) is 4.93. The van der Waals surface area contributed by atoms with E-state index in [9.17, 15) is 12.8 Å². The third-order valence-corrected chi connectivity index (χ3v) is 3.92. The molecule has 0 saturated heterocycles. The van der Waals surface area contributed by atoms with Crippen LogP contribution < -0.4 is 10.6 Å². The highest BCUT2D eigenvalue weighted by molar-refractivity contribution is 7.90. The van der Waals surface area contributed by atoms with Gasteiger partial charge in [0.2, 0.25) is 0 Å². The van der Waals surface area contributed by atoms with Crippen molar-refractivity contribution in [1.82, 2.24) is 10.6 Å². The van der Waals surface area contributed by atoms with Gasteiger partial charge in [0.25, 0.3) is 0 Å². The molecular weight excluding hydrogens is 293 g/mol. The zero-order chi connectivity index (χ0) is 15.9. The van der Waals surface area contributed by atoms with Crippen LogP contribution in [0.25, 0.3) is 0 Å². The average molecular weight is 315 g/mol. The highest BCUT2D eigenvalue weighted by atomic mass is 32.2. The maximum atomic E-state index is 13.2. The fourth-order valence-electron chi connectivity index (χ4n) is 1.76. The van der Waals surface area contributed by atoms with Crippen LogP contribution in [0.3, 0.4) is 0 Å². The van der Waals surface area contributed by atoms with Crippen LogP contribution in [0.2, 0.25) is 0 Å². The quantitative estimate of drug-likeness (QED) is 0.471. The van der Waals surface area contributed by atoms with Crippen LogP contribution in [-0.4, -0.2) is 40.0 Å². The van der Waals surface area contributed by atoms with Crippen LogP contribution >= 0.6 is 0 Å². The molecule has 1 rings (SSSR count). The van der Waals surface area contributed by atoms with Crippen LogP contribution in [-0.2, 0) is 16.4 Å². The van der Waals surface area contributed by atoms with E-state index in [4.69, 9.17) is 0 Å². The summed E-state index contributed by atoms with van der Waals surface area (Å²) in [5.41, 5.74) is 1.55. The predicted molar refractivity (Wildman–Crippen MR) is 83.7 cm³/mol. The average Bonchev–Trinajstić information content (AvgIpc) is 2.40. The van der Waals surface area contributed by atoms with Gasteiger partial charge in [0.15, 0.2) is 5.96 Å². The van der Waals surface area contributed by atoms with Crippen molar-refractivity contribution in [2.45, 2.75) is 19.9 Å². The highest BCUT2D eigenvalue weighted by Crippen LogP contribution is 2.08. The molecule has 0 aliphatic rings. The van der Waals surface area contributed by atoms with Crippen molar-refractivity contribution in [3.8, 4) is 0 Å². The first-order valence-electron chi connectivity index (χ1n) is 6.69. The van der Waals surface area contributed by atoms with Crippen molar-refractivity contribution in [2.75, 3.05) is 25.6 Å². The molecule has 0 saturated carbocycles. The molecule has 0 atom stereocenters. The Morgan fingerprint density at radius 2 is 2.05 bits per heavy atom. The summed E-state index contributed by atoms with van der Waals surface area (Å²) in [5.74, 6) is 0.515. The van der Waals surface area contributed by atoms with E-state index in [1.54, 1.807) is 26.1 Å². The smallest absolute Gasteiger partial charge is 0.191 e. The number of sulfone groups is 1. The highest BCUT2D eigenvalue weighted by Gasteiger charge is 2.03. The van der Waals surface area contributed by atoms with Crippen molar-refractivity contribution in [3.63, 3.8) is 0 Å². The van der Waals surface area contributed by atoms with Crippen molar-refractivity contribution < 1.29 is 12.8 Å². The Morgan fingerprint density at radius 1 is 1.33 bits per heavy atom. The van der Waals surface area contributed by atoms with E-state index in [1.807, 2.05) is 0 Å². The van der Waals surface area contributed by atoms with Crippen molar-refractivity contribution in [3.05, 3.63) is 35.1 Å². The third kappa shape index (κ3) is 7.08. The number of nitrogens with one attached hydrogen (secondary N) is 2. The molecule has 0 radical (unpaired) electrons. The zero-order valence-corrected chi connectivity index (χ0v) is 13.4. The van der Waals surface area contributed by atoms with Crippen molar-refractivity contribution >= 4 is 15.8 Å². The summed E-state index contributed by atoms with van der Waals surface area (Å²) in [4.78, 5) is 4.05. The van der Waals surface area contributed by atoms with Crippen LogP contribution in [0.5, 0.6) is 0 Å². The van der Waals surface area contributed by atoms with E-state index >= 15 is 0 Å². The summed E-state index contributed by atoms with van der Waals surface area (Å²) in [7, 11) is -1.29. The summed E-state index contributed by atoms with van der Waals surface area (Å²) < 4.78 is 35.2. The molecular formula is C14H22FN3O2S. The second-order valence-corrected chi connectivity index (χ2v) is 7.18. The molecule has 118 valence electrons. The lowest BCUT2D eigenvalue weighted by atomic mass is 10.1. The molecule has 0 unspecified atom stereocenters. The number of benzene rings is 1. The maximum Gasteiger partial charge on any atom is 0.191 e. The van der Waals surface area contributed by atoms with Gasteiger partial charge in [0.05, 0.1) is 5.75 Å². The Kier molecular flexibility index (Phi) is 6.61. The molecule has 0 aliphatic carbocycles. The first-order valence-corrected chi connectivity index (χ1v) is 8.75. The van der Waals surface area contributed by atoms with Crippen LogP contribution in [0.4, 0.5) is 4.39 Å². The second kappa shape index (κ2) is 7.97. The van der Waals surface area contributed by atoms with Crippen molar-refractivity contribution in [2.24, 2.45) is 4.99 Å². The van der Waals surface area contributed by atoms with Gasteiger partial charge in [0.1, 0.15) is 15.7 Å². The van der Waals surface area contributed by atoms with Gasteiger partial charge in [-0.05, 0) is 30.5 Å². The maximum absolute atomic E-state index is 13.2. The number of hydrogen-bond acceptors (Lipinski definition) is 3. The van der Waals surface area contributed by atoms with E-state index in [-0.39, 0.29) is 11.6 Å². The second-order valence-electron chi connectivity index (χ2n) is 4.92. The minimum absolute atomic E-state index is 0.147. The Bertz CT molecular complexity index is 600.